The van der Waals surface area contributed by atoms with E-state index in [-0.39, 0.29) is 12.2 Å². The monoisotopic (exact) mass is 349 g/mol. The largest absolute Gasteiger partial charge is 0.457 e. The number of hydrogen-bond donors (Lipinski definition) is 0. The Kier molecular flexibility index (Phi) is 5.62. The van der Waals surface area contributed by atoms with Crippen molar-refractivity contribution >= 4 is 17.9 Å². The molecule has 2 rings (SSSR count). The van der Waals surface area contributed by atoms with Gasteiger partial charge in [0, 0.05) is 6.21 Å². The Labute approximate surface area is 144 Å². The zero-order valence-corrected chi connectivity index (χ0v) is 14.1. The van der Waals surface area contributed by atoms with E-state index < -0.39 is 17.7 Å². The fourth-order valence-electron chi connectivity index (χ4n) is 2.36. The highest BCUT2D eigenvalue weighted by molar-refractivity contribution is 5.92. The zero-order valence-electron chi connectivity index (χ0n) is 14.1. The molecule has 0 saturated carbocycles. The number of alkyl halides is 3. The van der Waals surface area contributed by atoms with E-state index in [2.05, 4.69) is 4.99 Å². The van der Waals surface area contributed by atoms with Crippen LogP contribution in [0.1, 0.15) is 39.5 Å². The van der Waals surface area contributed by atoms with Crippen LogP contribution in [0.3, 0.4) is 0 Å². The normalized spacial score (nSPS) is 11.8. The second-order valence-electron chi connectivity index (χ2n) is 5.62. The average Bonchev–Trinajstić information content (AvgIpc) is 2.55. The van der Waals surface area contributed by atoms with Gasteiger partial charge in [0.15, 0.2) is 0 Å². The van der Waals surface area contributed by atoms with Gasteiger partial charge in [0.1, 0.15) is 6.61 Å². The second-order valence-corrected chi connectivity index (χ2v) is 5.62. The number of carbonyl (C=O) groups excluding carboxylic acids is 1. The van der Waals surface area contributed by atoms with Crippen molar-refractivity contribution in [1.29, 1.82) is 0 Å². The highest BCUT2D eigenvalue weighted by atomic mass is 19.4. The Morgan fingerprint density at radius 2 is 1.88 bits per heavy atom. The van der Waals surface area contributed by atoms with Crippen molar-refractivity contribution in [1.82, 2.24) is 0 Å². The first kappa shape index (κ1) is 18.7. The third-order valence-corrected chi connectivity index (χ3v) is 3.66. The van der Waals surface area contributed by atoms with Crippen molar-refractivity contribution in [2.45, 2.75) is 33.6 Å². The summed E-state index contributed by atoms with van der Waals surface area (Å²) in [6.45, 7) is 5.16. The first-order chi connectivity index (χ1) is 11.7. The Balaban J connectivity index is 2.15. The zero-order chi connectivity index (χ0) is 18.6. The molecular weight excluding hydrogens is 331 g/mol. The lowest BCUT2D eigenvalue weighted by atomic mass is 10.0. The molecule has 6 heteroatoms. The molecule has 0 aliphatic rings. The summed E-state index contributed by atoms with van der Waals surface area (Å²) >= 11 is 0. The van der Waals surface area contributed by atoms with Crippen LogP contribution in [0.2, 0.25) is 0 Å². The number of ether oxygens (including phenoxy) is 1. The molecule has 0 aliphatic heterocycles. The van der Waals surface area contributed by atoms with Crippen molar-refractivity contribution < 1.29 is 22.7 Å². The van der Waals surface area contributed by atoms with Crippen LogP contribution in [-0.4, -0.2) is 12.2 Å². The molecular formula is C19H18F3NO2. The van der Waals surface area contributed by atoms with Crippen LogP contribution in [-0.2, 0) is 17.5 Å². The van der Waals surface area contributed by atoms with Gasteiger partial charge in [-0.3, -0.25) is 4.99 Å². The first-order valence-electron chi connectivity index (χ1n) is 7.65. The van der Waals surface area contributed by atoms with Crippen LogP contribution in [0.25, 0.3) is 0 Å². The van der Waals surface area contributed by atoms with E-state index in [1.807, 2.05) is 6.92 Å². The molecule has 0 radical (unpaired) electrons. The molecule has 0 amide bonds. The van der Waals surface area contributed by atoms with E-state index in [0.717, 1.165) is 23.4 Å². The van der Waals surface area contributed by atoms with E-state index in [0.29, 0.717) is 11.1 Å². The number of aryl methyl sites for hydroxylation is 2. The molecule has 0 heterocycles. The molecule has 0 bridgehead atoms. The van der Waals surface area contributed by atoms with Gasteiger partial charge in [-0.1, -0.05) is 12.1 Å². The molecule has 0 aromatic heterocycles. The lowest BCUT2D eigenvalue weighted by molar-refractivity contribution is -0.137. The average molecular weight is 349 g/mol. The SMILES string of the molecule is CC=Nc1cc(C)c(C(=O)OCc2cccc(C(F)(F)F)c2)cc1C. The highest BCUT2D eigenvalue weighted by Crippen LogP contribution is 2.30. The number of carbonyl (C=O) groups is 1. The van der Waals surface area contributed by atoms with Gasteiger partial charge in [0.05, 0.1) is 16.8 Å². The number of nitrogens with zero attached hydrogens (tertiary/aromatic N) is 1. The fourth-order valence-corrected chi connectivity index (χ4v) is 2.36. The lowest BCUT2D eigenvalue weighted by Gasteiger charge is -2.11. The van der Waals surface area contributed by atoms with Crippen molar-refractivity contribution in [2.75, 3.05) is 0 Å². The standard InChI is InChI=1S/C19H18F3NO2/c1-4-23-17-9-12(2)16(8-13(17)3)18(24)25-11-14-6-5-7-15(10-14)19(20,21)22/h4-10H,11H2,1-3H3. The minimum Gasteiger partial charge on any atom is -0.457 e. The van der Waals surface area contributed by atoms with Gasteiger partial charge < -0.3 is 4.74 Å². The maximum absolute atomic E-state index is 12.7. The summed E-state index contributed by atoms with van der Waals surface area (Å²) in [7, 11) is 0. The van der Waals surface area contributed by atoms with E-state index in [1.54, 1.807) is 32.2 Å². The van der Waals surface area contributed by atoms with Gasteiger partial charge >= 0.3 is 12.1 Å². The third-order valence-electron chi connectivity index (χ3n) is 3.66. The Morgan fingerprint density at radius 1 is 1.16 bits per heavy atom. The topological polar surface area (TPSA) is 38.7 Å². The summed E-state index contributed by atoms with van der Waals surface area (Å²) in [5.74, 6) is -0.579. The molecule has 25 heavy (non-hydrogen) atoms. The van der Waals surface area contributed by atoms with Gasteiger partial charge in [0.25, 0.3) is 0 Å². The van der Waals surface area contributed by atoms with Crippen molar-refractivity contribution in [2.24, 2.45) is 4.99 Å². The van der Waals surface area contributed by atoms with E-state index in [9.17, 15) is 18.0 Å². The van der Waals surface area contributed by atoms with Crippen LogP contribution in [0.5, 0.6) is 0 Å². The lowest BCUT2D eigenvalue weighted by Crippen LogP contribution is -2.09. The summed E-state index contributed by atoms with van der Waals surface area (Å²) in [5.41, 5.74) is 2.16. The van der Waals surface area contributed by atoms with Crippen LogP contribution in [0.4, 0.5) is 18.9 Å². The molecule has 0 unspecified atom stereocenters. The molecule has 0 N–H and O–H groups in total. The maximum atomic E-state index is 12.7. The molecule has 132 valence electrons. The summed E-state index contributed by atoms with van der Waals surface area (Å²) in [6.07, 6.45) is -2.77. The Bertz CT molecular complexity index is 811. The smallest absolute Gasteiger partial charge is 0.416 e. The highest BCUT2D eigenvalue weighted by Gasteiger charge is 2.30. The van der Waals surface area contributed by atoms with Gasteiger partial charge in [-0.15, -0.1) is 0 Å². The number of benzene rings is 2. The molecule has 2 aromatic carbocycles. The van der Waals surface area contributed by atoms with Crippen LogP contribution in [0.15, 0.2) is 41.4 Å². The van der Waals surface area contributed by atoms with Crippen molar-refractivity contribution in [3.63, 3.8) is 0 Å². The van der Waals surface area contributed by atoms with E-state index in [4.69, 9.17) is 4.74 Å². The summed E-state index contributed by atoms with van der Waals surface area (Å²) in [6, 6.07) is 8.18. The quantitative estimate of drug-likeness (QED) is 0.547. The number of esters is 1. The predicted octanol–water partition coefficient (Wildman–Crippen LogP) is 5.40. The molecule has 0 spiro atoms. The number of rotatable bonds is 4. The van der Waals surface area contributed by atoms with Crippen molar-refractivity contribution in [3.05, 3.63) is 64.2 Å². The Morgan fingerprint density at radius 3 is 2.52 bits per heavy atom. The predicted molar refractivity (Wildman–Crippen MR) is 90.3 cm³/mol. The Hall–Kier alpha value is -2.63. The minimum absolute atomic E-state index is 0.226. The fraction of sp³-hybridized carbons (Fsp3) is 0.263. The van der Waals surface area contributed by atoms with Gasteiger partial charge in [-0.05, 0) is 61.7 Å². The summed E-state index contributed by atoms with van der Waals surface area (Å²) < 4.78 is 43.3. The molecule has 2 aromatic rings. The molecule has 0 saturated heterocycles. The molecule has 0 atom stereocenters. The minimum atomic E-state index is -4.43. The van der Waals surface area contributed by atoms with E-state index >= 15 is 0 Å². The van der Waals surface area contributed by atoms with Gasteiger partial charge in [0.2, 0.25) is 0 Å². The van der Waals surface area contributed by atoms with Gasteiger partial charge in [-0.25, -0.2) is 4.79 Å². The molecule has 3 nitrogen and oxygen atoms in total. The summed E-state index contributed by atoms with van der Waals surface area (Å²) in [4.78, 5) is 16.5. The first-order valence-corrected chi connectivity index (χ1v) is 7.65. The second kappa shape index (κ2) is 7.51. The third kappa shape index (κ3) is 4.68. The maximum Gasteiger partial charge on any atom is 0.416 e. The van der Waals surface area contributed by atoms with E-state index in [1.165, 1.54) is 12.1 Å². The van der Waals surface area contributed by atoms with Crippen LogP contribution < -0.4 is 0 Å². The molecule has 0 aliphatic carbocycles. The number of halogens is 3. The summed E-state index contributed by atoms with van der Waals surface area (Å²) in [5, 5.41) is 0. The number of hydrogen-bond acceptors (Lipinski definition) is 3. The van der Waals surface area contributed by atoms with Crippen LogP contribution in [0, 0.1) is 13.8 Å². The van der Waals surface area contributed by atoms with Crippen LogP contribution >= 0.6 is 0 Å². The number of aliphatic imine (C=N–C) groups is 1. The van der Waals surface area contributed by atoms with Gasteiger partial charge in [-0.2, -0.15) is 13.2 Å². The molecule has 0 fully saturated rings. The van der Waals surface area contributed by atoms with Crippen molar-refractivity contribution in [3.8, 4) is 0 Å².